The lowest BCUT2D eigenvalue weighted by atomic mass is 10.1. The van der Waals surface area contributed by atoms with Gasteiger partial charge in [0.2, 0.25) is 5.89 Å². The standard InChI is InChI=1S/C23H24ClN3O3/c1-4-9-20-26-23(27-30-20)21(17-10-7-6-8-11-17)25-15-16-13-18(24)22(29-12-5-2)19(14-16)28-3/h2,6-8,10-11,13-14,21,25H,4,9,12,15H2,1,3H3/t21-/m0/s1. The Morgan fingerprint density at radius 3 is 2.77 bits per heavy atom. The van der Waals surface area contributed by atoms with E-state index in [1.807, 2.05) is 42.5 Å². The van der Waals surface area contributed by atoms with E-state index >= 15 is 0 Å². The zero-order valence-electron chi connectivity index (χ0n) is 17.0. The molecule has 156 valence electrons. The zero-order valence-corrected chi connectivity index (χ0v) is 17.8. The lowest BCUT2D eigenvalue weighted by molar-refractivity contribution is 0.330. The van der Waals surface area contributed by atoms with Crippen LogP contribution in [0, 0.1) is 12.3 Å². The smallest absolute Gasteiger partial charge is 0.226 e. The SMILES string of the molecule is C#CCOc1c(Cl)cc(CN[C@@H](c2ccccc2)c2noc(CCC)n2)cc1OC. The molecule has 0 bridgehead atoms. The third kappa shape index (κ3) is 5.32. The molecule has 3 aromatic rings. The van der Waals surface area contributed by atoms with Crippen molar-refractivity contribution in [1.82, 2.24) is 15.5 Å². The van der Waals surface area contributed by atoms with Crippen LogP contribution < -0.4 is 14.8 Å². The molecule has 0 radical (unpaired) electrons. The molecular weight excluding hydrogens is 402 g/mol. The van der Waals surface area contributed by atoms with Crippen molar-refractivity contribution in [2.75, 3.05) is 13.7 Å². The van der Waals surface area contributed by atoms with Crippen LogP contribution in [-0.4, -0.2) is 23.9 Å². The van der Waals surface area contributed by atoms with Gasteiger partial charge >= 0.3 is 0 Å². The number of aryl methyl sites for hydroxylation is 1. The van der Waals surface area contributed by atoms with Crippen LogP contribution in [0.2, 0.25) is 5.02 Å². The molecule has 3 rings (SSSR count). The Morgan fingerprint density at radius 1 is 1.27 bits per heavy atom. The molecule has 1 aromatic heterocycles. The van der Waals surface area contributed by atoms with Crippen LogP contribution in [0.5, 0.6) is 11.5 Å². The van der Waals surface area contributed by atoms with E-state index in [0.29, 0.717) is 34.8 Å². The number of methoxy groups -OCH3 is 1. The van der Waals surface area contributed by atoms with Crippen LogP contribution in [0.3, 0.4) is 0 Å². The number of halogens is 1. The molecule has 0 fully saturated rings. The Balaban J connectivity index is 1.83. The summed E-state index contributed by atoms with van der Waals surface area (Å²) >= 11 is 6.40. The topological polar surface area (TPSA) is 69.4 Å². The highest BCUT2D eigenvalue weighted by atomic mass is 35.5. The maximum atomic E-state index is 6.40. The number of ether oxygens (including phenoxy) is 2. The van der Waals surface area contributed by atoms with Gasteiger partial charge in [-0.1, -0.05) is 59.9 Å². The van der Waals surface area contributed by atoms with Gasteiger partial charge in [0.05, 0.1) is 18.2 Å². The van der Waals surface area contributed by atoms with Crippen molar-refractivity contribution < 1.29 is 14.0 Å². The number of hydrogen-bond acceptors (Lipinski definition) is 6. The van der Waals surface area contributed by atoms with E-state index in [0.717, 1.165) is 24.0 Å². The average Bonchev–Trinajstić information content (AvgIpc) is 3.22. The maximum absolute atomic E-state index is 6.40. The van der Waals surface area contributed by atoms with Gasteiger partial charge in [-0.2, -0.15) is 4.98 Å². The van der Waals surface area contributed by atoms with Crippen molar-refractivity contribution in [3.8, 4) is 23.8 Å². The number of rotatable bonds is 10. The fraction of sp³-hybridized carbons (Fsp3) is 0.304. The Bertz CT molecular complexity index is 999. The first kappa shape index (κ1) is 21.7. The van der Waals surface area contributed by atoms with E-state index in [1.165, 1.54) is 0 Å². The number of aromatic nitrogens is 2. The predicted molar refractivity (Wildman–Crippen MR) is 116 cm³/mol. The summed E-state index contributed by atoms with van der Waals surface area (Å²) in [7, 11) is 1.56. The molecule has 1 N–H and O–H groups in total. The number of nitrogens with zero attached hydrogens (tertiary/aromatic N) is 2. The summed E-state index contributed by atoms with van der Waals surface area (Å²) in [6, 6.07) is 13.4. The highest BCUT2D eigenvalue weighted by Crippen LogP contribution is 2.36. The van der Waals surface area contributed by atoms with E-state index < -0.39 is 0 Å². The van der Waals surface area contributed by atoms with Crippen LogP contribution in [0.1, 0.15) is 42.2 Å². The fourth-order valence-corrected chi connectivity index (χ4v) is 3.34. The van der Waals surface area contributed by atoms with Crippen molar-refractivity contribution in [2.45, 2.75) is 32.4 Å². The van der Waals surface area contributed by atoms with Crippen LogP contribution in [0.25, 0.3) is 0 Å². The van der Waals surface area contributed by atoms with Gasteiger partial charge in [-0.25, -0.2) is 0 Å². The maximum Gasteiger partial charge on any atom is 0.226 e. The summed E-state index contributed by atoms with van der Waals surface area (Å²) in [5.74, 6) is 4.61. The third-order valence-electron chi connectivity index (χ3n) is 4.44. The lowest BCUT2D eigenvalue weighted by Crippen LogP contribution is -2.23. The van der Waals surface area contributed by atoms with Gasteiger partial charge in [-0.3, -0.25) is 5.32 Å². The first-order valence-corrected chi connectivity index (χ1v) is 10.1. The van der Waals surface area contributed by atoms with Gasteiger partial charge in [0.15, 0.2) is 17.3 Å². The second-order valence-electron chi connectivity index (χ2n) is 6.62. The predicted octanol–water partition coefficient (Wildman–Crippen LogP) is 4.58. The molecule has 0 aliphatic rings. The molecular formula is C23H24ClN3O3. The lowest BCUT2D eigenvalue weighted by Gasteiger charge is -2.17. The van der Waals surface area contributed by atoms with Crippen molar-refractivity contribution in [2.24, 2.45) is 0 Å². The molecule has 7 heteroatoms. The number of nitrogens with one attached hydrogen (secondary N) is 1. The molecule has 0 aliphatic carbocycles. The van der Waals surface area contributed by atoms with Crippen molar-refractivity contribution in [3.05, 3.63) is 70.3 Å². The molecule has 1 heterocycles. The van der Waals surface area contributed by atoms with E-state index in [4.69, 9.17) is 32.0 Å². The molecule has 1 atom stereocenters. The molecule has 30 heavy (non-hydrogen) atoms. The van der Waals surface area contributed by atoms with Gasteiger partial charge in [0.1, 0.15) is 6.61 Å². The summed E-state index contributed by atoms with van der Waals surface area (Å²) in [6.45, 7) is 2.69. The van der Waals surface area contributed by atoms with E-state index in [9.17, 15) is 0 Å². The van der Waals surface area contributed by atoms with Crippen molar-refractivity contribution in [3.63, 3.8) is 0 Å². The van der Waals surface area contributed by atoms with Crippen LogP contribution in [0.4, 0.5) is 0 Å². The highest BCUT2D eigenvalue weighted by Gasteiger charge is 2.20. The number of benzene rings is 2. The Labute approximate surface area is 181 Å². The minimum Gasteiger partial charge on any atom is -0.493 e. The first-order chi connectivity index (χ1) is 14.7. The second-order valence-corrected chi connectivity index (χ2v) is 7.03. The monoisotopic (exact) mass is 425 g/mol. The number of terminal acetylenes is 1. The molecule has 0 amide bonds. The van der Waals surface area contributed by atoms with E-state index in [-0.39, 0.29) is 12.6 Å². The molecule has 6 nitrogen and oxygen atoms in total. The van der Waals surface area contributed by atoms with Gasteiger partial charge < -0.3 is 14.0 Å². The molecule has 0 saturated heterocycles. The minimum absolute atomic E-state index is 0.113. The first-order valence-electron chi connectivity index (χ1n) is 9.69. The van der Waals surface area contributed by atoms with Crippen LogP contribution >= 0.6 is 11.6 Å². The summed E-state index contributed by atoms with van der Waals surface area (Å²) in [6.07, 6.45) is 6.96. The van der Waals surface area contributed by atoms with E-state index in [2.05, 4.69) is 28.3 Å². The van der Waals surface area contributed by atoms with Crippen LogP contribution in [-0.2, 0) is 13.0 Å². The van der Waals surface area contributed by atoms with Gasteiger partial charge in [-0.15, -0.1) is 6.42 Å². The van der Waals surface area contributed by atoms with E-state index in [1.54, 1.807) is 7.11 Å². The van der Waals surface area contributed by atoms with Gasteiger partial charge in [-0.05, 0) is 29.7 Å². The Kier molecular flexibility index (Phi) is 7.72. The Morgan fingerprint density at radius 2 is 2.07 bits per heavy atom. The second kappa shape index (κ2) is 10.7. The third-order valence-corrected chi connectivity index (χ3v) is 4.72. The molecule has 0 spiro atoms. The normalized spacial score (nSPS) is 11.7. The average molecular weight is 426 g/mol. The number of hydrogen-bond donors (Lipinski definition) is 1. The molecule has 0 saturated carbocycles. The van der Waals surface area contributed by atoms with Crippen molar-refractivity contribution >= 4 is 11.6 Å². The molecule has 2 aromatic carbocycles. The highest BCUT2D eigenvalue weighted by molar-refractivity contribution is 6.32. The fourth-order valence-electron chi connectivity index (χ4n) is 3.05. The van der Waals surface area contributed by atoms with Crippen LogP contribution in [0.15, 0.2) is 47.0 Å². The summed E-state index contributed by atoms with van der Waals surface area (Å²) in [5.41, 5.74) is 1.96. The van der Waals surface area contributed by atoms with Gasteiger partial charge in [0.25, 0.3) is 0 Å². The summed E-state index contributed by atoms with van der Waals surface area (Å²) in [5, 5.41) is 8.11. The zero-order chi connectivity index (χ0) is 21.3. The largest absolute Gasteiger partial charge is 0.493 e. The van der Waals surface area contributed by atoms with Gasteiger partial charge in [0, 0.05) is 13.0 Å². The summed E-state index contributed by atoms with van der Waals surface area (Å²) in [4.78, 5) is 4.56. The molecule has 0 unspecified atom stereocenters. The van der Waals surface area contributed by atoms with Crippen molar-refractivity contribution in [1.29, 1.82) is 0 Å². The quantitative estimate of drug-likeness (QED) is 0.479. The Hall–Kier alpha value is -3.01. The molecule has 0 aliphatic heterocycles. The minimum atomic E-state index is -0.234. The summed E-state index contributed by atoms with van der Waals surface area (Å²) < 4.78 is 16.3.